The smallest absolute Gasteiger partial charge is 0.419 e. The number of aryl methyl sites for hydroxylation is 1. The minimum Gasteiger partial charge on any atom is -0.489 e. The summed E-state index contributed by atoms with van der Waals surface area (Å²) in [6.45, 7) is 1.10. The number of aliphatic hydroxyl groups is 1. The zero-order chi connectivity index (χ0) is 51.2. The molecule has 0 radical (unpaired) electrons. The predicted molar refractivity (Wildman–Crippen MR) is 265 cm³/mol. The zero-order valence-electron chi connectivity index (χ0n) is 39.4. The summed E-state index contributed by atoms with van der Waals surface area (Å²) >= 11 is 1.72. The number of nitrogens with zero attached hydrogens (tertiary/aromatic N) is 4. The van der Waals surface area contributed by atoms with Crippen molar-refractivity contribution in [2.45, 2.75) is 68.9 Å². The van der Waals surface area contributed by atoms with Crippen LogP contribution in [0.25, 0.3) is 0 Å². The van der Waals surface area contributed by atoms with Crippen molar-refractivity contribution in [1.29, 1.82) is 5.41 Å². The number of carbonyl (C=O) groups excluding carboxylic acids is 3. The Morgan fingerprint density at radius 1 is 1.00 bits per heavy atom. The number of hydrogen-bond donors (Lipinski definition) is 6. The zero-order valence-corrected chi connectivity index (χ0v) is 40.2. The molecule has 376 valence electrons. The van der Waals surface area contributed by atoms with Gasteiger partial charge in [-0.2, -0.15) is 18.3 Å². The Labute approximate surface area is 414 Å². The van der Waals surface area contributed by atoms with Gasteiger partial charge in [0.15, 0.2) is 0 Å². The van der Waals surface area contributed by atoms with Crippen molar-refractivity contribution >= 4 is 47.2 Å². The van der Waals surface area contributed by atoms with E-state index in [2.05, 4.69) is 37.9 Å². The Kier molecular flexibility index (Phi) is 21.5. The summed E-state index contributed by atoms with van der Waals surface area (Å²) in [6.07, 6.45) is 2.34. The molecule has 0 aliphatic heterocycles. The van der Waals surface area contributed by atoms with E-state index in [1.54, 1.807) is 53.0 Å². The van der Waals surface area contributed by atoms with Crippen LogP contribution >= 0.6 is 11.8 Å². The van der Waals surface area contributed by atoms with E-state index in [9.17, 15) is 37.1 Å². The van der Waals surface area contributed by atoms with Crippen LogP contribution in [0.1, 0.15) is 63.9 Å². The number of halogens is 4. The lowest BCUT2D eigenvalue weighted by molar-refractivity contribution is -0.140. The second-order valence-electron chi connectivity index (χ2n) is 16.2. The van der Waals surface area contributed by atoms with Crippen molar-refractivity contribution in [3.63, 3.8) is 0 Å². The topological polar surface area (TPSA) is 209 Å². The molecule has 4 aromatic carbocycles. The molecule has 7 N–H and O–H groups in total. The molecule has 1 unspecified atom stereocenters. The highest BCUT2D eigenvalue weighted by molar-refractivity contribution is 7.99. The molecule has 0 saturated carbocycles. The van der Waals surface area contributed by atoms with Crippen LogP contribution in [0.4, 0.5) is 23.2 Å². The van der Waals surface area contributed by atoms with Gasteiger partial charge in [0.2, 0.25) is 5.84 Å². The van der Waals surface area contributed by atoms with E-state index in [1.807, 2.05) is 55.4 Å². The van der Waals surface area contributed by atoms with E-state index >= 15 is 0 Å². The van der Waals surface area contributed by atoms with Gasteiger partial charge >= 0.3 is 6.18 Å². The first-order valence-electron chi connectivity index (χ1n) is 22.6. The summed E-state index contributed by atoms with van der Waals surface area (Å²) in [7, 11) is 3.72. The Morgan fingerprint density at radius 2 is 1.77 bits per heavy atom. The number of para-hydroxylation sites is 2. The lowest BCUT2D eigenvalue weighted by Crippen LogP contribution is -2.43. The largest absolute Gasteiger partial charge is 0.489 e. The number of amides is 2. The van der Waals surface area contributed by atoms with Crippen molar-refractivity contribution in [3.8, 4) is 23.3 Å². The van der Waals surface area contributed by atoms with E-state index in [0.29, 0.717) is 67.1 Å². The van der Waals surface area contributed by atoms with Crippen LogP contribution in [0.3, 0.4) is 0 Å². The molecule has 1 atom stereocenters. The standard InChI is InChI=1S/C51H57F4N9O6S/c1-63(2)44-11-4-5-12-46(44)70-34-40(32-66)61-50(68)48(57)62-47(56)28-36-13-17-41(18-14-36)71-25-9-3-8-23-64-31-39(30-60-64)49(67)59-21-7-6-10-35-16-20-45(38(26-35)29-58-22-24-65)69-33-37-15-19-43(52)42(27-37)51(53,54)55/h4-5,11-20,26-27,30-32,40,58,65H,3,7-9,21-25,28-29,33-34H2,1-2H3,(H,59,67)(H,61,68)(H3,56,57,62). The summed E-state index contributed by atoms with van der Waals surface area (Å²) in [5.74, 6) is 4.89. The first-order chi connectivity index (χ1) is 34.1. The number of anilines is 1. The van der Waals surface area contributed by atoms with E-state index < -0.39 is 35.3 Å². The van der Waals surface area contributed by atoms with Gasteiger partial charge in [-0.25, -0.2) is 9.38 Å². The number of carbonyl (C=O) groups is 3. The first-order valence-corrected chi connectivity index (χ1v) is 23.6. The van der Waals surface area contributed by atoms with Crippen LogP contribution in [0.15, 0.2) is 107 Å². The number of aliphatic imine (C=N–C) groups is 1. The fourth-order valence-electron chi connectivity index (χ4n) is 6.76. The van der Waals surface area contributed by atoms with Gasteiger partial charge in [-0.1, -0.05) is 48.6 Å². The van der Waals surface area contributed by atoms with Gasteiger partial charge in [-0.05, 0) is 84.3 Å². The van der Waals surface area contributed by atoms with E-state index in [4.69, 9.17) is 20.6 Å². The summed E-state index contributed by atoms with van der Waals surface area (Å²) in [5.41, 5.74) is 8.26. The number of ether oxygens (including phenoxy) is 2. The van der Waals surface area contributed by atoms with Gasteiger partial charge in [0.25, 0.3) is 11.8 Å². The molecule has 15 nitrogen and oxygen atoms in total. The van der Waals surface area contributed by atoms with Gasteiger partial charge in [-0.3, -0.25) is 19.7 Å². The first kappa shape index (κ1) is 54.7. The lowest BCUT2D eigenvalue weighted by Gasteiger charge is -2.19. The average Bonchev–Trinajstić information content (AvgIpc) is 3.83. The van der Waals surface area contributed by atoms with Gasteiger partial charge in [0.05, 0.1) is 29.6 Å². The number of unbranched alkanes of at least 4 members (excludes halogenated alkanes) is 2. The molecule has 5 rings (SSSR count). The second kappa shape index (κ2) is 27.8. The third kappa shape index (κ3) is 18.2. The number of aromatic nitrogens is 2. The van der Waals surface area contributed by atoms with Crippen LogP contribution in [0.5, 0.6) is 11.5 Å². The van der Waals surface area contributed by atoms with Crippen LogP contribution in [-0.2, 0) is 41.9 Å². The van der Waals surface area contributed by atoms with Crippen LogP contribution in [0.2, 0.25) is 0 Å². The quantitative estimate of drug-likeness (QED) is 0.00704. The molecule has 0 aliphatic carbocycles. The Balaban J connectivity index is 0.965. The predicted octanol–water partition coefficient (Wildman–Crippen LogP) is 6.54. The third-order valence-electron chi connectivity index (χ3n) is 10.4. The minimum absolute atomic E-state index is 0.0774. The van der Waals surface area contributed by atoms with Crippen molar-refractivity contribution in [2.24, 2.45) is 10.7 Å². The molecule has 71 heavy (non-hydrogen) atoms. The fraction of sp³-hybridized carbons (Fsp3) is 0.333. The second-order valence-corrected chi connectivity index (χ2v) is 17.4. The number of thioether (sulfide) groups is 1. The van der Waals surface area contributed by atoms with E-state index in [1.165, 1.54) is 12.3 Å². The number of amidine groups is 2. The summed E-state index contributed by atoms with van der Waals surface area (Å²) in [5, 5.41) is 30.0. The molecule has 0 saturated heterocycles. The Morgan fingerprint density at radius 3 is 2.52 bits per heavy atom. The highest BCUT2D eigenvalue weighted by Crippen LogP contribution is 2.32. The average molecular weight is 1000 g/mol. The van der Waals surface area contributed by atoms with Gasteiger partial charge in [-0.15, -0.1) is 11.8 Å². The maximum atomic E-state index is 13.7. The molecule has 20 heteroatoms. The summed E-state index contributed by atoms with van der Waals surface area (Å²) in [4.78, 5) is 43.9. The summed E-state index contributed by atoms with van der Waals surface area (Å²) in [6, 6.07) is 21.9. The van der Waals surface area contributed by atoms with Crippen LogP contribution in [0, 0.1) is 23.1 Å². The maximum Gasteiger partial charge on any atom is 0.419 e. The van der Waals surface area contributed by atoms with E-state index in [0.717, 1.165) is 53.3 Å². The molecule has 1 aromatic heterocycles. The third-order valence-corrected chi connectivity index (χ3v) is 11.5. The number of alkyl halides is 3. The number of hydrogen-bond acceptors (Lipinski definition) is 11. The number of nitrogens with two attached hydrogens (primary N) is 1. The van der Waals surface area contributed by atoms with Gasteiger partial charge < -0.3 is 46.0 Å². The van der Waals surface area contributed by atoms with Crippen molar-refractivity contribution in [3.05, 3.63) is 137 Å². The summed E-state index contributed by atoms with van der Waals surface area (Å²) < 4.78 is 66.6. The molecule has 1 heterocycles. The molecular weight excluding hydrogens is 943 g/mol. The number of aliphatic hydroxyl groups excluding tert-OH is 1. The molecule has 0 bridgehead atoms. The SMILES string of the molecule is CN(C)c1ccccc1OCC(C=O)NC(=O)C(=N)/N=C(\N)Cc1ccc(SCCCCCn2cc(C(=O)NCCC#Cc3ccc(OCc4ccc(F)c(C(F)(F)F)c4)c(CNCCO)c3)cn2)cc1. The molecule has 0 aliphatic rings. The van der Waals surface area contributed by atoms with E-state index in [-0.39, 0.29) is 43.5 Å². The number of nitrogens with one attached hydrogen (secondary N) is 4. The van der Waals surface area contributed by atoms with Gasteiger partial charge in [0, 0.05) is 75.3 Å². The molecule has 2 amide bonds. The maximum absolute atomic E-state index is 13.7. The Bertz CT molecular complexity index is 2670. The lowest BCUT2D eigenvalue weighted by atomic mass is 10.1. The molecule has 0 fully saturated rings. The van der Waals surface area contributed by atoms with Crippen LogP contribution in [-0.4, -0.2) is 96.9 Å². The van der Waals surface area contributed by atoms with Crippen molar-refractivity contribution < 1.29 is 46.5 Å². The van der Waals surface area contributed by atoms with Gasteiger partial charge in [0.1, 0.15) is 48.7 Å². The number of aldehydes is 1. The highest BCUT2D eigenvalue weighted by atomic mass is 32.2. The molecule has 0 spiro atoms. The number of benzene rings is 4. The monoisotopic (exact) mass is 999 g/mol. The Hall–Kier alpha value is -7.21. The van der Waals surface area contributed by atoms with Crippen molar-refractivity contribution in [2.75, 3.05) is 51.1 Å². The molecule has 5 aromatic rings. The fourth-order valence-corrected chi connectivity index (χ4v) is 7.67. The minimum atomic E-state index is -4.84. The number of rotatable bonds is 25. The van der Waals surface area contributed by atoms with Crippen molar-refractivity contribution in [1.82, 2.24) is 25.7 Å². The normalized spacial score (nSPS) is 11.8. The van der Waals surface area contributed by atoms with Crippen LogP contribution < -0.4 is 36.1 Å². The highest BCUT2D eigenvalue weighted by Gasteiger charge is 2.34. The molecular formula is C51H57F4N9O6S.